The molecule has 2 heterocycles. The topological polar surface area (TPSA) is 44.8 Å². The Labute approximate surface area is 148 Å². The molecule has 6 heteroatoms. The highest BCUT2D eigenvalue weighted by atomic mass is 35.5. The van der Waals surface area contributed by atoms with Crippen LogP contribution in [0.1, 0.15) is 12.5 Å². The van der Waals surface area contributed by atoms with Crippen LogP contribution in [-0.4, -0.2) is 62.1 Å². The van der Waals surface area contributed by atoms with E-state index < -0.39 is 0 Å². The molecule has 24 heavy (non-hydrogen) atoms. The number of methoxy groups -OCH3 is 1. The Morgan fingerprint density at radius 3 is 2.62 bits per heavy atom. The summed E-state index contributed by atoms with van der Waals surface area (Å²) in [4.78, 5) is 17.0. The number of hydrogen-bond acceptors (Lipinski definition) is 4. The van der Waals surface area contributed by atoms with Crippen molar-refractivity contribution >= 4 is 17.5 Å². The fraction of sp³-hybridized carbons (Fsp3) is 0.611. The number of benzene rings is 1. The zero-order valence-electron chi connectivity index (χ0n) is 14.4. The minimum atomic E-state index is 0.130. The highest BCUT2D eigenvalue weighted by Crippen LogP contribution is 2.25. The Balaban J connectivity index is 1.53. The fourth-order valence-electron chi connectivity index (χ4n) is 3.39. The van der Waals surface area contributed by atoms with Gasteiger partial charge in [-0.05, 0) is 37.2 Å². The van der Waals surface area contributed by atoms with Crippen LogP contribution in [0.3, 0.4) is 0 Å². The van der Waals surface area contributed by atoms with Crippen LogP contribution in [0.2, 0.25) is 5.02 Å². The van der Waals surface area contributed by atoms with Gasteiger partial charge in [0.1, 0.15) is 5.75 Å². The molecule has 1 aromatic carbocycles. The lowest BCUT2D eigenvalue weighted by Crippen LogP contribution is -2.54. The molecule has 2 fully saturated rings. The van der Waals surface area contributed by atoms with E-state index in [4.69, 9.17) is 16.3 Å². The molecule has 0 aliphatic carbocycles. The van der Waals surface area contributed by atoms with Crippen molar-refractivity contribution in [2.75, 3.05) is 46.4 Å². The Morgan fingerprint density at radius 2 is 2.04 bits per heavy atom. The van der Waals surface area contributed by atoms with E-state index >= 15 is 0 Å². The average molecular weight is 352 g/mol. The van der Waals surface area contributed by atoms with Crippen molar-refractivity contribution in [3.8, 4) is 5.75 Å². The van der Waals surface area contributed by atoms with E-state index in [2.05, 4.69) is 17.1 Å². The summed E-state index contributed by atoms with van der Waals surface area (Å²) in [5.74, 6) is 1.81. The number of amides is 1. The van der Waals surface area contributed by atoms with Gasteiger partial charge in [-0.15, -0.1) is 0 Å². The molecule has 2 saturated heterocycles. The fourth-order valence-corrected chi connectivity index (χ4v) is 3.59. The van der Waals surface area contributed by atoms with Crippen LogP contribution in [0.15, 0.2) is 18.2 Å². The van der Waals surface area contributed by atoms with Gasteiger partial charge in [-0.1, -0.05) is 18.5 Å². The van der Waals surface area contributed by atoms with Crippen LogP contribution in [0.25, 0.3) is 0 Å². The molecule has 1 amide bonds. The summed E-state index contributed by atoms with van der Waals surface area (Å²) < 4.78 is 5.42. The van der Waals surface area contributed by atoms with Gasteiger partial charge in [0, 0.05) is 49.2 Å². The number of carbonyl (C=O) groups excluding carboxylic acids is 1. The third-order valence-electron chi connectivity index (χ3n) is 5.23. The Bertz CT molecular complexity index is 584. The molecule has 132 valence electrons. The van der Waals surface area contributed by atoms with E-state index in [0.717, 1.165) is 62.1 Å². The van der Waals surface area contributed by atoms with E-state index in [9.17, 15) is 4.79 Å². The van der Waals surface area contributed by atoms with Gasteiger partial charge >= 0.3 is 0 Å². The van der Waals surface area contributed by atoms with Crippen molar-refractivity contribution in [2.45, 2.75) is 13.5 Å². The maximum atomic E-state index is 12.6. The maximum Gasteiger partial charge on any atom is 0.225 e. The molecule has 1 N–H and O–H groups in total. The van der Waals surface area contributed by atoms with Gasteiger partial charge < -0.3 is 15.0 Å². The predicted octanol–water partition coefficient (Wildman–Crippen LogP) is 1.85. The van der Waals surface area contributed by atoms with Gasteiger partial charge in [-0.3, -0.25) is 9.69 Å². The zero-order valence-corrected chi connectivity index (χ0v) is 15.2. The molecule has 3 rings (SSSR count). The summed E-state index contributed by atoms with van der Waals surface area (Å²) in [6.07, 6.45) is 0. The van der Waals surface area contributed by atoms with Crippen molar-refractivity contribution < 1.29 is 9.53 Å². The molecular weight excluding hydrogens is 326 g/mol. The number of nitrogens with zero attached hydrogens (tertiary/aromatic N) is 2. The van der Waals surface area contributed by atoms with Gasteiger partial charge in [-0.25, -0.2) is 0 Å². The normalized spacial score (nSPS) is 20.5. The summed E-state index contributed by atoms with van der Waals surface area (Å²) in [6, 6.07) is 5.71. The Hall–Kier alpha value is -1.30. The molecule has 1 atom stereocenters. The second-order valence-electron chi connectivity index (χ2n) is 6.76. The molecule has 0 aromatic heterocycles. The molecule has 0 saturated carbocycles. The summed E-state index contributed by atoms with van der Waals surface area (Å²) >= 11 is 6.11. The Morgan fingerprint density at radius 1 is 1.33 bits per heavy atom. The number of nitrogens with one attached hydrogen (secondary N) is 1. The van der Waals surface area contributed by atoms with Gasteiger partial charge in [0.25, 0.3) is 0 Å². The molecule has 5 nitrogen and oxygen atoms in total. The number of ether oxygens (including phenoxy) is 1. The second-order valence-corrected chi connectivity index (χ2v) is 7.20. The van der Waals surface area contributed by atoms with Gasteiger partial charge in [0.15, 0.2) is 0 Å². The Kier molecular flexibility index (Phi) is 5.64. The average Bonchev–Trinajstić information content (AvgIpc) is 2.53. The molecule has 2 aliphatic heterocycles. The van der Waals surface area contributed by atoms with Gasteiger partial charge in [0.05, 0.1) is 7.11 Å². The third-order valence-corrected chi connectivity index (χ3v) is 5.47. The van der Waals surface area contributed by atoms with E-state index in [-0.39, 0.29) is 5.92 Å². The number of rotatable bonds is 5. The lowest BCUT2D eigenvalue weighted by molar-refractivity contribution is -0.139. The van der Waals surface area contributed by atoms with Gasteiger partial charge in [-0.2, -0.15) is 0 Å². The number of hydrogen-bond donors (Lipinski definition) is 1. The summed E-state index contributed by atoms with van der Waals surface area (Å²) in [5, 5.41) is 3.97. The van der Waals surface area contributed by atoms with Crippen molar-refractivity contribution in [3.05, 3.63) is 28.8 Å². The number of halogens is 1. The quantitative estimate of drug-likeness (QED) is 0.879. The monoisotopic (exact) mass is 351 g/mol. The lowest BCUT2D eigenvalue weighted by Gasteiger charge is -2.39. The van der Waals surface area contributed by atoms with E-state index in [1.165, 1.54) is 0 Å². The molecule has 2 aliphatic rings. The number of piperazine rings is 1. The first-order valence-corrected chi connectivity index (χ1v) is 9.00. The molecule has 0 spiro atoms. The van der Waals surface area contributed by atoms with Crippen LogP contribution in [0, 0.1) is 11.8 Å². The van der Waals surface area contributed by atoms with Crippen LogP contribution < -0.4 is 10.1 Å². The van der Waals surface area contributed by atoms with Crippen LogP contribution in [0.4, 0.5) is 0 Å². The smallest absolute Gasteiger partial charge is 0.225 e. The standard InChI is InChI=1S/C18H26ClN3O2/c1-13(15-10-20-11-15)18(23)22-7-5-21(6-8-22)12-14-9-16(19)3-4-17(14)24-2/h3-4,9,13,15,20H,5-8,10-12H2,1-2H3. The first-order valence-electron chi connectivity index (χ1n) is 8.62. The largest absolute Gasteiger partial charge is 0.496 e. The molecule has 1 unspecified atom stereocenters. The summed E-state index contributed by atoms with van der Waals surface area (Å²) in [6.45, 7) is 8.18. The highest BCUT2D eigenvalue weighted by molar-refractivity contribution is 6.30. The lowest BCUT2D eigenvalue weighted by atomic mass is 9.88. The molecular formula is C18H26ClN3O2. The van der Waals surface area contributed by atoms with Crippen LogP contribution in [-0.2, 0) is 11.3 Å². The number of carbonyl (C=O) groups is 1. The predicted molar refractivity (Wildman–Crippen MR) is 95.4 cm³/mol. The minimum absolute atomic E-state index is 0.130. The maximum absolute atomic E-state index is 12.6. The molecule has 1 aromatic rings. The van der Waals surface area contributed by atoms with Crippen molar-refractivity contribution in [1.82, 2.24) is 15.1 Å². The molecule has 0 bridgehead atoms. The van der Waals surface area contributed by atoms with Crippen molar-refractivity contribution in [2.24, 2.45) is 11.8 Å². The van der Waals surface area contributed by atoms with E-state index in [0.29, 0.717) is 11.8 Å². The van der Waals surface area contributed by atoms with Gasteiger partial charge in [0.2, 0.25) is 5.91 Å². The molecule has 0 radical (unpaired) electrons. The van der Waals surface area contributed by atoms with E-state index in [1.807, 2.05) is 23.1 Å². The van der Waals surface area contributed by atoms with Crippen molar-refractivity contribution in [1.29, 1.82) is 0 Å². The van der Waals surface area contributed by atoms with Crippen LogP contribution >= 0.6 is 11.6 Å². The third kappa shape index (κ3) is 3.85. The SMILES string of the molecule is COc1ccc(Cl)cc1CN1CCN(C(=O)C(C)C2CNC2)CC1. The summed E-state index contributed by atoms with van der Waals surface area (Å²) in [7, 11) is 1.68. The van der Waals surface area contributed by atoms with Crippen molar-refractivity contribution in [3.63, 3.8) is 0 Å². The zero-order chi connectivity index (χ0) is 17.1. The highest BCUT2D eigenvalue weighted by Gasteiger charge is 2.32. The summed E-state index contributed by atoms with van der Waals surface area (Å²) in [5.41, 5.74) is 1.10. The first-order chi connectivity index (χ1) is 11.6. The van der Waals surface area contributed by atoms with Crippen LogP contribution in [0.5, 0.6) is 5.75 Å². The first kappa shape index (κ1) is 17.5. The minimum Gasteiger partial charge on any atom is -0.496 e. The second kappa shape index (κ2) is 7.72. The van der Waals surface area contributed by atoms with E-state index in [1.54, 1.807) is 7.11 Å².